The highest BCUT2D eigenvalue weighted by atomic mass is 35.5. The number of nitrogens with one attached hydrogen (secondary N) is 1. The first kappa shape index (κ1) is 21.5. The van der Waals surface area contributed by atoms with Gasteiger partial charge in [-0.1, -0.05) is 35.9 Å². The lowest BCUT2D eigenvalue weighted by atomic mass is 10.1. The Balaban J connectivity index is 1.82. The number of halogens is 1. The van der Waals surface area contributed by atoms with Crippen molar-refractivity contribution in [1.82, 2.24) is 9.62 Å². The zero-order valence-corrected chi connectivity index (χ0v) is 17.6. The van der Waals surface area contributed by atoms with Crippen LogP contribution in [-0.4, -0.2) is 44.9 Å². The van der Waals surface area contributed by atoms with Gasteiger partial charge in [0.1, 0.15) is 0 Å². The van der Waals surface area contributed by atoms with Gasteiger partial charge in [-0.15, -0.1) is 0 Å². The van der Waals surface area contributed by atoms with Crippen LogP contribution in [0.3, 0.4) is 0 Å². The van der Waals surface area contributed by atoms with Crippen molar-refractivity contribution in [2.24, 2.45) is 0 Å². The van der Waals surface area contributed by atoms with Gasteiger partial charge in [-0.25, -0.2) is 13.2 Å². The number of rotatable bonds is 7. The van der Waals surface area contributed by atoms with Crippen LogP contribution in [0, 0.1) is 0 Å². The van der Waals surface area contributed by atoms with E-state index in [0.717, 1.165) is 24.1 Å². The van der Waals surface area contributed by atoms with Crippen LogP contribution in [0.5, 0.6) is 0 Å². The zero-order valence-electron chi connectivity index (χ0n) is 16.0. The molecule has 3 rings (SSSR count). The molecule has 8 heteroatoms. The highest BCUT2D eigenvalue weighted by molar-refractivity contribution is 7.92. The van der Waals surface area contributed by atoms with E-state index in [2.05, 4.69) is 5.32 Å². The summed E-state index contributed by atoms with van der Waals surface area (Å²) in [5.74, 6) is -0.424. The molecule has 0 aliphatic carbocycles. The molecule has 1 fully saturated rings. The van der Waals surface area contributed by atoms with Gasteiger partial charge in [-0.05, 0) is 54.4 Å². The monoisotopic (exact) mass is 434 g/mol. The predicted octanol–water partition coefficient (Wildman–Crippen LogP) is 3.29. The average molecular weight is 435 g/mol. The minimum atomic E-state index is -3.66. The normalized spacial score (nSPS) is 17.1. The van der Waals surface area contributed by atoms with Crippen molar-refractivity contribution >= 4 is 33.7 Å². The van der Waals surface area contributed by atoms with Crippen LogP contribution in [0.4, 0.5) is 0 Å². The number of hydrogen-bond acceptors (Lipinski definition) is 5. The van der Waals surface area contributed by atoms with Crippen LogP contribution in [-0.2, 0) is 21.3 Å². The summed E-state index contributed by atoms with van der Waals surface area (Å²) in [6, 6.07) is 13.6. The van der Waals surface area contributed by atoms with Crippen molar-refractivity contribution in [1.29, 1.82) is 0 Å². The molecule has 0 aromatic heterocycles. The van der Waals surface area contributed by atoms with Gasteiger partial charge in [0, 0.05) is 29.6 Å². The van der Waals surface area contributed by atoms with E-state index in [1.807, 2.05) is 0 Å². The largest absolute Gasteiger partial charge is 0.465 e. The van der Waals surface area contributed by atoms with Crippen molar-refractivity contribution in [3.63, 3.8) is 0 Å². The van der Waals surface area contributed by atoms with E-state index in [9.17, 15) is 13.2 Å². The van der Waals surface area contributed by atoms with Crippen molar-refractivity contribution in [3.05, 3.63) is 75.7 Å². The minimum absolute atomic E-state index is 0.129. The van der Waals surface area contributed by atoms with Crippen molar-refractivity contribution in [2.45, 2.75) is 19.0 Å². The maximum Gasteiger partial charge on any atom is 0.337 e. The third-order valence-corrected chi connectivity index (χ3v) is 6.60. The molecule has 1 unspecified atom stereocenters. The number of ether oxygens (including phenoxy) is 1. The number of carbonyl (C=O) groups is 1. The molecule has 1 heterocycles. The van der Waals surface area contributed by atoms with Crippen molar-refractivity contribution in [2.75, 3.05) is 20.2 Å². The van der Waals surface area contributed by atoms with Crippen molar-refractivity contribution in [3.8, 4) is 0 Å². The summed E-state index contributed by atoms with van der Waals surface area (Å²) in [7, 11) is -2.33. The van der Waals surface area contributed by atoms with E-state index in [1.165, 1.54) is 16.8 Å². The van der Waals surface area contributed by atoms with Crippen LogP contribution in [0.1, 0.15) is 27.9 Å². The number of sulfonamides is 1. The molecule has 154 valence electrons. The molecule has 0 spiro atoms. The first-order valence-corrected chi connectivity index (χ1v) is 11.1. The summed E-state index contributed by atoms with van der Waals surface area (Å²) < 4.78 is 32.4. The Kier molecular flexibility index (Phi) is 7.08. The Hall–Kier alpha value is -2.19. The molecule has 1 saturated heterocycles. The minimum Gasteiger partial charge on any atom is -0.465 e. The number of methoxy groups -OCH3 is 1. The van der Waals surface area contributed by atoms with Crippen LogP contribution in [0.15, 0.2) is 53.9 Å². The molecular weight excluding hydrogens is 412 g/mol. The van der Waals surface area contributed by atoms with Crippen LogP contribution >= 0.6 is 11.6 Å². The Labute approximate surface area is 176 Å². The van der Waals surface area contributed by atoms with Gasteiger partial charge < -0.3 is 10.1 Å². The SMILES string of the molecule is COC(=O)c1ccc(CN(C2CCNC2)S(=O)(=O)C=Cc2ccc(Cl)cc2)cc1. The lowest BCUT2D eigenvalue weighted by molar-refractivity contribution is 0.0600. The van der Waals surface area contributed by atoms with Gasteiger partial charge in [0.25, 0.3) is 0 Å². The van der Waals surface area contributed by atoms with E-state index in [-0.39, 0.29) is 12.6 Å². The van der Waals surface area contributed by atoms with Crippen LogP contribution < -0.4 is 5.32 Å². The molecule has 1 aliphatic rings. The molecule has 1 atom stereocenters. The molecule has 6 nitrogen and oxygen atoms in total. The zero-order chi connectivity index (χ0) is 20.9. The van der Waals surface area contributed by atoms with Crippen LogP contribution in [0.2, 0.25) is 5.02 Å². The number of carbonyl (C=O) groups excluding carboxylic acids is 1. The summed E-state index contributed by atoms with van der Waals surface area (Å²) in [5, 5.41) is 5.05. The molecule has 0 amide bonds. The molecule has 0 saturated carbocycles. The molecule has 29 heavy (non-hydrogen) atoms. The van der Waals surface area contributed by atoms with Gasteiger partial charge in [0.15, 0.2) is 0 Å². The van der Waals surface area contributed by atoms with E-state index >= 15 is 0 Å². The van der Waals surface area contributed by atoms with E-state index in [0.29, 0.717) is 17.1 Å². The van der Waals surface area contributed by atoms with Gasteiger partial charge in [-0.3, -0.25) is 0 Å². The number of esters is 1. The second-order valence-corrected chi connectivity index (χ2v) is 8.99. The van der Waals surface area contributed by atoms with Gasteiger partial charge in [0.2, 0.25) is 10.0 Å². The maximum absolute atomic E-state index is 13.1. The van der Waals surface area contributed by atoms with E-state index in [1.54, 1.807) is 54.6 Å². The Morgan fingerprint density at radius 3 is 2.48 bits per heavy atom. The fourth-order valence-electron chi connectivity index (χ4n) is 3.17. The Bertz CT molecular complexity index is 967. The third-order valence-electron chi connectivity index (χ3n) is 4.78. The second-order valence-electron chi connectivity index (χ2n) is 6.78. The molecule has 1 aliphatic heterocycles. The maximum atomic E-state index is 13.1. The van der Waals surface area contributed by atoms with E-state index < -0.39 is 16.0 Å². The molecule has 1 N–H and O–H groups in total. The standard InChI is InChI=1S/C21H23ClN2O4S/c1-28-21(25)18-6-2-17(3-7-18)15-24(20-10-12-23-14-20)29(26,27)13-11-16-4-8-19(22)9-5-16/h2-9,11,13,20,23H,10,12,14-15H2,1H3. The number of benzene rings is 2. The summed E-state index contributed by atoms with van der Waals surface area (Å²) in [6.45, 7) is 1.61. The fraction of sp³-hybridized carbons (Fsp3) is 0.286. The molecular formula is C21H23ClN2O4S. The quantitative estimate of drug-likeness (QED) is 0.677. The summed E-state index contributed by atoms with van der Waals surface area (Å²) in [4.78, 5) is 11.6. The lowest BCUT2D eigenvalue weighted by Crippen LogP contribution is -2.40. The topological polar surface area (TPSA) is 75.7 Å². The highest BCUT2D eigenvalue weighted by Gasteiger charge is 2.30. The summed E-state index contributed by atoms with van der Waals surface area (Å²) >= 11 is 5.88. The fourth-order valence-corrected chi connectivity index (χ4v) is 4.71. The first-order valence-electron chi connectivity index (χ1n) is 9.22. The van der Waals surface area contributed by atoms with Gasteiger partial charge >= 0.3 is 5.97 Å². The molecule has 0 bridgehead atoms. The van der Waals surface area contributed by atoms with Gasteiger partial charge in [0.05, 0.1) is 12.7 Å². The summed E-state index contributed by atoms with van der Waals surface area (Å²) in [5.41, 5.74) is 1.98. The highest BCUT2D eigenvalue weighted by Crippen LogP contribution is 2.21. The van der Waals surface area contributed by atoms with E-state index in [4.69, 9.17) is 16.3 Å². The third kappa shape index (κ3) is 5.67. The molecule has 2 aromatic rings. The molecule has 2 aromatic carbocycles. The average Bonchev–Trinajstić information content (AvgIpc) is 3.25. The first-order chi connectivity index (χ1) is 13.9. The Morgan fingerprint density at radius 2 is 1.90 bits per heavy atom. The second kappa shape index (κ2) is 9.54. The number of hydrogen-bond donors (Lipinski definition) is 1. The molecule has 0 radical (unpaired) electrons. The van der Waals surface area contributed by atoms with Crippen LogP contribution in [0.25, 0.3) is 6.08 Å². The Morgan fingerprint density at radius 1 is 1.21 bits per heavy atom. The smallest absolute Gasteiger partial charge is 0.337 e. The lowest BCUT2D eigenvalue weighted by Gasteiger charge is -2.26. The summed E-state index contributed by atoms with van der Waals surface area (Å²) in [6.07, 6.45) is 2.32. The number of nitrogens with zero attached hydrogens (tertiary/aromatic N) is 1. The van der Waals surface area contributed by atoms with Crippen molar-refractivity contribution < 1.29 is 17.9 Å². The predicted molar refractivity (Wildman–Crippen MR) is 114 cm³/mol. The van der Waals surface area contributed by atoms with Gasteiger partial charge in [-0.2, -0.15) is 4.31 Å².